The summed E-state index contributed by atoms with van der Waals surface area (Å²) in [5, 5.41) is 0. The number of aryl methyl sites for hydroxylation is 1. The molecule has 0 fully saturated rings. The van der Waals surface area contributed by atoms with Gasteiger partial charge in [0.2, 0.25) is 0 Å². The van der Waals surface area contributed by atoms with Crippen LogP contribution in [0.25, 0.3) is 5.57 Å². The number of allylic oxidation sites excluding steroid dienone is 3. The second kappa shape index (κ2) is 10.4. The average molecular weight is 398 g/mol. The molecule has 0 saturated carbocycles. The van der Waals surface area contributed by atoms with Crippen molar-refractivity contribution in [2.45, 2.75) is 39.2 Å². The third-order valence-electron chi connectivity index (χ3n) is 5.26. The van der Waals surface area contributed by atoms with Crippen molar-refractivity contribution in [3.05, 3.63) is 84.0 Å². The molecule has 2 aromatic carbocycles. The van der Waals surface area contributed by atoms with Gasteiger partial charge < -0.3 is 9.47 Å². The SMILES string of the molecule is CCCOc1ccc(CCC2(COC(F)F)C=CC(c3ccccc3)=CC2)cc1. The highest BCUT2D eigenvalue weighted by atomic mass is 19.3. The van der Waals surface area contributed by atoms with Crippen LogP contribution in [0.2, 0.25) is 0 Å². The Morgan fingerprint density at radius 3 is 2.41 bits per heavy atom. The lowest BCUT2D eigenvalue weighted by atomic mass is 9.75. The number of hydrogen-bond donors (Lipinski definition) is 0. The van der Waals surface area contributed by atoms with Crippen LogP contribution in [0.1, 0.15) is 37.3 Å². The maximum Gasteiger partial charge on any atom is 0.345 e. The maximum atomic E-state index is 12.7. The molecule has 0 saturated heterocycles. The minimum Gasteiger partial charge on any atom is -0.494 e. The summed E-state index contributed by atoms with van der Waals surface area (Å²) in [6.07, 6.45) is 9.40. The van der Waals surface area contributed by atoms with E-state index in [4.69, 9.17) is 9.47 Å². The number of ether oxygens (including phenoxy) is 2. The highest BCUT2D eigenvalue weighted by molar-refractivity contribution is 5.75. The van der Waals surface area contributed by atoms with Gasteiger partial charge in [-0.15, -0.1) is 0 Å². The Bertz CT molecular complexity index is 812. The fourth-order valence-corrected chi connectivity index (χ4v) is 3.52. The average Bonchev–Trinajstić information content (AvgIpc) is 2.77. The quantitative estimate of drug-likeness (QED) is 0.445. The summed E-state index contributed by atoms with van der Waals surface area (Å²) in [6, 6.07) is 18.1. The van der Waals surface area contributed by atoms with Gasteiger partial charge in [-0.05, 0) is 54.5 Å². The monoisotopic (exact) mass is 398 g/mol. The van der Waals surface area contributed by atoms with Crippen LogP contribution in [0.15, 0.2) is 72.8 Å². The topological polar surface area (TPSA) is 18.5 Å². The van der Waals surface area contributed by atoms with Crippen molar-refractivity contribution < 1.29 is 18.3 Å². The summed E-state index contributed by atoms with van der Waals surface area (Å²) in [6.45, 7) is 0.0332. The van der Waals surface area contributed by atoms with E-state index >= 15 is 0 Å². The highest BCUT2D eigenvalue weighted by Gasteiger charge is 2.30. The zero-order valence-corrected chi connectivity index (χ0v) is 16.8. The van der Waals surface area contributed by atoms with Crippen molar-refractivity contribution in [2.75, 3.05) is 13.2 Å². The predicted octanol–water partition coefficient (Wildman–Crippen LogP) is 6.68. The van der Waals surface area contributed by atoms with Crippen molar-refractivity contribution in [2.24, 2.45) is 5.41 Å². The van der Waals surface area contributed by atoms with E-state index in [-0.39, 0.29) is 6.61 Å². The normalized spacial score (nSPS) is 18.7. The molecule has 1 atom stereocenters. The molecule has 2 aromatic rings. The Hall–Kier alpha value is -2.46. The number of hydrogen-bond acceptors (Lipinski definition) is 2. The standard InChI is InChI=1S/C25H28F2O2/c1-2-18-28-23-10-8-20(9-11-23)12-15-25(19-29-24(26)27)16-13-22(14-17-25)21-6-4-3-5-7-21/h3-11,13-14,16,24H,2,12,15,17-19H2,1H3. The molecule has 154 valence electrons. The summed E-state index contributed by atoms with van der Waals surface area (Å²) < 4.78 is 35.8. The molecule has 1 aliphatic carbocycles. The Morgan fingerprint density at radius 1 is 1.03 bits per heavy atom. The minimum absolute atomic E-state index is 0.0113. The van der Waals surface area contributed by atoms with Crippen molar-refractivity contribution in [3.8, 4) is 5.75 Å². The van der Waals surface area contributed by atoms with Crippen LogP contribution < -0.4 is 4.74 Å². The van der Waals surface area contributed by atoms with E-state index in [1.165, 1.54) is 0 Å². The Balaban J connectivity index is 1.66. The molecule has 29 heavy (non-hydrogen) atoms. The molecule has 0 N–H and O–H groups in total. The van der Waals surface area contributed by atoms with Crippen LogP contribution in [-0.4, -0.2) is 19.8 Å². The van der Waals surface area contributed by atoms with E-state index in [0.717, 1.165) is 41.7 Å². The van der Waals surface area contributed by atoms with Gasteiger partial charge in [0.15, 0.2) is 0 Å². The molecule has 0 spiro atoms. The van der Waals surface area contributed by atoms with E-state index in [1.807, 2.05) is 48.5 Å². The lowest BCUT2D eigenvalue weighted by Gasteiger charge is -2.32. The Labute approximate surface area is 171 Å². The van der Waals surface area contributed by atoms with Gasteiger partial charge in [-0.1, -0.05) is 67.6 Å². The summed E-state index contributed by atoms with van der Waals surface area (Å²) in [7, 11) is 0. The van der Waals surface area contributed by atoms with Gasteiger partial charge in [0.25, 0.3) is 0 Å². The molecule has 3 rings (SSSR count). The smallest absolute Gasteiger partial charge is 0.345 e. The van der Waals surface area contributed by atoms with Crippen molar-refractivity contribution in [1.29, 1.82) is 0 Å². The maximum absolute atomic E-state index is 12.7. The summed E-state index contributed by atoms with van der Waals surface area (Å²) >= 11 is 0. The third-order valence-corrected chi connectivity index (χ3v) is 5.26. The predicted molar refractivity (Wildman–Crippen MR) is 113 cm³/mol. The second-order valence-electron chi connectivity index (χ2n) is 7.49. The van der Waals surface area contributed by atoms with Gasteiger partial charge in [-0.2, -0.15) is 8.78 Å². The van der Waals surface area contributed by atoms with E-state index in [1.54, 1.807) is 0 Å². The molecule has 4 heteroatoms. The summed E-state index contributed by atoms with van der Waals surface area (Å²) in [4.78, 5) is 0. The first-order valence-electron chi connectivity index (χ1n) is 10.2. The van der Waals surface area contributed by atoms with Gasteiger partial charge in [0.1, 0.15) is 5.75 Å². The Kier molecular flexibility index (Phi) is 7.59. The van der Waals surface area contributed by atoms with Crippen LogP contribution in [-0.2, 0) is 11.2 Å². The minimum atomic E-state index is -2.75. The van der Waals surface area contributed by atoms with Gasteiger partial charge in [-0.3, -0.25) is 0 Å². The first-order chi connectivity index (χ1) is 14.1. The van der Waals surface area contributed by atoms with Crippen LogP contribution in [0.5, 0.6) is 5.75 Å². The van der Waals surface area contributed by atoms with Gasteiger partial charge in [-0.25, -0.2) is 0 Å². The van der Waals surface area contributed by atoms with Gasteiger partial charge in [0.05, 0.1) is 13.2 Å². The fraction of sp³-hybridized carbons (Fsp3) is 0.360. The van der Waals surface area contributed by atoms with E-state index < -0.39 is 12.0 Å². The second-order valence-corrected chi connectivity index (χ2v) is 7.49. The molecule has 0 heterocycles. The van der Waals surface area contributed by atoms with Crippen LogP contribution in [0.4, 0.5) is 8.78 Å². The molecule has 0 aliphatic heterocycles. The van der Waals surface area contributed by atoms with Crippen molar-refractivity contribution in [3.63, 3.8) is 0 Å². The first kappa shape index (κ1) is 21.3. The van der Waals surface area contributed by atoms with Crippen LogP contribution in [0, 0.1) is 5.41 Å². The van der Waals surface area contributed by atoms with Crippen LogP contribution >= 0.6 is 0 Å². The van der Waals surface area contributed by atoms with Crippen LogP contribution in [0.3, 0.4) is 0 Å². The van der Waals surface area contributed by atoms with E-state index in [0.29, 0.717) is 13.0 Å². The molecule has 0 amide bonds. The highest BCUT2D eigenvalue weighted by Crippen LogP contribution is 2.38. The molecule has 2 nitrogen and oxygen atoms in total. The lowest BCUT2D eigenvalue weighted by Crippen LogP contribution is -2.28. The molecule has 0 radical (unpaired) electrons. The summed E-state index contributed by atoms with van der Waals surface area (Å²) in [5.74, 6) is 0.861. The fourth-order valence-electron chi connectivity index (χ4n) is 3.52. The Morgan fingerprint density at radius 2 is 1.79 bits per heavy atom. The molecular formula is C25H28F2O2. The largest absolute Gasteiger partial charge is 0.494 e. The number of halogens is 2. The van der Waals surface area contributed by atoms with Crippen molar-refractivity contribution >= 4 is 5.57 Å². The molecule has 1 unspecified atom stereocenters. The molecule has 0 bridgehead atoms. The van der Waals surface area contributed by atoms with Gasteiger partial charge >= 0.3 is 6.61 Å². The van der Waals surface area contributed by atoms with E-state index in [9.17, 15) is 8.78 Å². The zero-order valence-electron chi connectivity index (χ0n) is 16.8. The third kappa shape index (κ3) is 6.26. The van der Waals surface area contributed by atoms with Crippen molar-refractivity contribution in [1.82, 2.24) is 0 Å². The molecule has 0 aromatic heterocycles. The lowest BCUT2D eigenvalue weighted by molar-refractivity contribution is -0.147. The van der Waals surface area contributed by atoms with Gasteiger partial charge in [0, 0.05) is 5.41 Å². The number of alkyl halides is 2. The number of rotatable bonds is 10. The zero-order chi connectivity index (χ0) is 20.5. The molecule has 1 aliphatic rings. The van der Waals surface area contributed by atoms with E-state index in [2.05, 4.69) is 31.2 Å². The molecular weight excluding hydrogens is 370 g/mol. The first-order valence-corrected chi connectivity index (χ1v) is 10.2. The number of benzene rings is 2. The summed E-state index contributed by atoms with van der Waals surface area (Å²) in [5.41, 5.74) is 2.99.